The second-order valence-corrected chi connectivity index (χ2v) is 6.31. The van der Waals surface area contributed by atoms with Gasteiger partial charge in [0.1, 0.15) is 10.7 Å². The third kappa shape index (κ3) is 3.28. The molecule has 0 saturated heterocycles. The van der Waals surface area contributed by atoms with E-state index >= 15 is 0 Å². The maximum atomic E-state index is 4.77. The van der Waals surface area contributed by atoms with Gasteiger partial charge in [0.25, 0.3) is 0 Å². The van der Waals surface area contributed by atoms with E-state index in [1.165, 1.54) is 10.6 Å². The molecule has 1 N–H and O–H groups in total. The van der Waals surface area contributed by atoms with Gasteiger partial charge in [-0.3, -0.25) is 0 Å². The molecule has 0 aliphatic rings. The lowest BCUT2D eigenvalue weighted by atomic mass is 10.3. The molecule has 0 fully saturated rings. The van der Waals surface area contributed by atoms with Crippen LogP contribution in [0.1, 0.15) is 19.5 Å². The highest BCUT2D eigenvalue weighted by atomic mass is 32.2. The van der Waals surface area contributed by atoms with Crippen molar-refractivity contribution >= 4 is 17.4 Å². The molecule has 2 aromatic heterocycles. The average Bonchev–Trinajstić information content (AvgIpc) is 2.83. The topological polar surface area (TPSA) is 29.3 Å². The van der Waals surface area contributed by atoms with E-state index in [1.807, 2.05) is 24.3 Å². The van der Waals surface area contributed by atoms with Gasteiger partial charge in [-0.1, -0.05) is 49.9 Å². The molecule has 21 heavy (non-hydrogen) atoms. The first-order valence-corrected chi connectivity index (χ1v) is 7.98. The van der Waals surface area contributed by atoms with Crippen LogP contribution in [-0.4, -0.2) is 15.4 Å². The number of nitrogens with zero attached hydrogens (tertiary/aromatic N) is 2. The minimum absolute atomic E-state index is 0.453. The van der Waals surface area contributed by atoms with Crippen LogP contribution < -0.4 is 5.32 Å². The highest BCUT2D eigenvalue weighted by molar-refractivity contribution is 7.99. The summed E-state index contributed by atoms with van der Waals surface area (Å²) in [6, 6.07) is 17.0. The van der Waals surface area contributed by atoms with Crippen molar-refractivity contribution in [3.8, 4) is 0 Å². The Morgan fingerprint density at radius 3 is 2.62 bits per heavy atom. The van der Waals surface area contributed by atoms with Crippen LogP contribution in [0.5, 0.6) is 0 Å². The Labute approximate surface area is 129 Å². The summed E-state index contributed by atoms with van der Waals surface area (Å²) in [6.45, 7) is 5.14. The Kier molecular flexibility index (Phi) is 4.27. The number of fused-ring (bicyclic) bond motifs is 1. The molecule has 0 atom stereocenters. The van der Waals surface area contributed by atoms with Crippen LogP contribution in [0.3, 0.4) is 0 Å². The normalized spacial score (nSPS) is 11.4. The molecule has 3 rings (SSSR count). The van der Waals surface area contributed by atoms with Crippen LogP contribution in [0.2, 0.25) is 0 Å². The summed E-state index contributed by atoms with van der Waals surface area (Å²) in [5.74, 6) is 0. The number of pyridine rings is 1. The van der Waals surface area contributed by atoms with Crippen molar-refractivity contribution in [3.63, 3.8) is 0 Å². The lowest BCUT2D eigenvalue weighted by molar-refractivity contribution is 0.574. The number of hydrogen-bond acceptors (Lipinski definition) is 3. The number of nitrogens with one attached hydrogen (secondary N) is 1. The van der Waals surface area contributed by atoms with Gasteiger partial charge in [0.15, 0.2) is 0 Å². The SMILES string of the molecule is CC(C)NCc1c(Sc2ccccc2)nc2ccccn12. The largest absolute Gasteiger partial charge is 0.309 e. The van der Waals surface area contributed by atoms with Gasteiger partial charge in [-0.05, 0) is 24.3 Å². The molecular weight excluding hydrogens is 278 g/mol. The predicted molar refractivity (Wildman–Crippen MR) is 87.7 cm³/mol. The fraction of sp³-hybridized carbons (Fsp3) is 0.235. The predicted octanol–water partition coefficient (Wildman–Crippen LogP) is 3.98. The van der Waals surface area contributed by atoms with Crippen molar-refractivity contribution in [1.82, 2.24) is 14.7 Å². The second kappa shape index (κ2) is 6.33. The summed E-state index contributed by atoms with van der Waals surface area (Å²) in [6.07, 6.45) is 2.08. The lowest BCUT2D eigenvalue weighted by Crippen LogP contribution is -2.22. The molecule has 0 aliphatic carbocycles. The number of rotatable bonds is 5. The summed E-state index contributed by atoms with van der Waals surface area (Å²) in [4.78, 5) is 5.99. The molecule has 3 aromatic rings. The fourth-order valence-electron chi connectivity index (χ4n) is 2.17. The van der Waals surface area contributed by atoms with Crippen LogP contribution >= 0.6 is 11.8 Å². The number of imidazole rings is 1. The van der Waals surface area contributed by atoms with Crippen LogP contribution in [0.25, 0.3) is 5.65 Å². The first kappa shape index (κ1) is 14.2. The first-order valence-electron chi connectivity index (χ1n) is 7.16. The van der Waals surface area contributed by atoms with E-state index < -0.39 is 0 Å². The maximum Gasteiger partial charge on any atom is 0.138 e. The molecule has 0 spiro atoms. The zero-order valence-corrected chi connectivity index (χ0v) is 13.1. The van der Waals surface area contributed by atoms with Gasteiger partial charge in [0.2, 0.25) is 0 Å². The van der Waals surface area contributed by atoms with E-state index in [2.05, 4.69) is 54.0 Å². The van der Waals surface area contributed by atoms with Gasteiger partial charge < -0.3 is 9.72 Å². The Morgan fingerprint density at radius 1 is 1.10 bits per heavy atom. The average molecular weight is 297 g/mol. The summed E-state index contributed by atoms with van der Waals surface area (Å²) < 4.78 is 2.17. The molecule has 0 radical (unpaired) electrons. The van der Waals surface area contributed by atoms with Crippen molar-refractivity contribution < 1.29 is 0 Å². The van der Waals surface area contributed by atoms with Crippen LogP contribution in [0.4, 0.5) is 0 Å². The molecule has 0 bridgehead atoms. The minimum atomic E-state index is 0.453. The molecule has 0 unspecified atom stereocenters. The summed E-state index contributed by atoms with van der Waals surface area (Å²) in [7, 11) is 0. The highest BCUT2D eigenvalue weighted by Crippen LogP contribution is 2.30. The van der Waals surface area contributed by atoms with E-state index in [4.69, 9.17) is 4.98 Å². The number of aromatic nitrogens is 2. The monoisotopic (exact) mass is 297 g/mol. The van der Waals surface area contributed by atoms with Crippen molar-refractivity contribution in [2.24, 2.45) is 0 Å². The van der Waals surface area contributed by atoms with Crippen molar-refractivity contribution in [2.45, 2.75) is 36.4 Å². The summed E-state index contributed by atoms with van der Waals surface area (Å²) in [5, 5.41) is 4.56. The molecule has 2 heterocycles. The smallest absolute Gasteiger partial charge is 0.138 e. The van der Waals surface area contributed by atoms with Crippen molar-refractivity contribution in [3.05, 3.63) is 60.4 Å². The fourth-order valence-corrected chi connectivity index (χ4v) is 3.11. The molecule has 0 aliphatic heterocycles. The Morgan fingerprint density at radius 2 is 1.86 bits per heavy atom. The van der Waals surface area contributed by atoms with Crippen molar-refractivity contribution in [2.75, 3.05) is 0 Å². The standard InChI is InChI=1S/C17H19N3S/c1-13(2)18-12-15-17(21-14-8-4-3-5-9-14)19-16-10-6-7-11-20(15)16/h3-11,13,18H,12H2,1-2H3. The zero-order valence-electron chi connectivity index (χ0n) is 12.3. The third-order valence-corrected chi connectivity index (χ3v) is 4.26. The quantitative estimate of drug-likeness (QED) is 0.772. The molecule has 4 heteroatoms. The van der Waals surface area contributed by atoms with E-state index in [0.717, 1.165) is 17.2 Å². The Hall–Kier alpha value is -1.78. The van der Waals surface area contributed by atoms with Gasteiger partial charge in [-0.15, -0.1) is 0 Å². The molecule has 108 valence electrons. The molecular formula is C17H19N3S. The number of hydrogen-bond donors (Lipinski definition) is 1. The maximum absolute atomic E-state index is 4.77. The summed E-state index contributed by atoms with van der Waals surface area (Å²) in [5.41, 5.74) is 2.21. The van der Waals surface area contributed by atoms with E-state index in [-0.39, 0.29) is 0 Å². The minimum Gasteiger partial charge on any atom is -0.309 e. The lowest BCUT2D eigenvalue weighted by Gasteiger charge is -2.09. The van der Waals surface area contributed by atoms with Crippen molar-refractivity contribution in [1.29, 1.82) is 0 Å². The molecule has 3 nitrogen and oxygen atoms in total. The van der Waals surface area contributed by atoms with Crippen LogP contribution in [0.15, 0.2) is 64.6 Å². The summed E-state index contributed by atoms with van der Waals surface area (Å²) >= 11 is 1.72. The van der Waals surface area contributed by atoms with Gasteiger partial charge >= 0.3 is 0 Å². The molecule has 0 amide bonds. The van der Waals surface area contributed by atoms with E-state index in [1.54, 1.807) is 11.8 Å². The van der Waals surface area contributed by atoms with Crippen LogP contribution in [0, 0.1) is 0 Å². The van der Waals surface area contributed by atoms with Gasteiger partial charge in [0, 0.05) is 23.7 Å². The second-order valence-electron chi connectivity index (χ2n) is 5.24. The van der Waals surface area contributed by atoms with Crippen LogP contribution in [-0.2, 0) is 6.54 Å². The van der Waals surface area contributed by atoms with E-state index in [0.29, 0.717) is 6.04 Å². The zero-order chi connectivity index (χ0) is 14.7. The highest BCUT2D eigenvalue weighted by Gasteiger charge is 2.13. The van der Waals surface area contributed by atoms with E-state index in [9.17, 15) is 0 Å². The molecule has 0 saturated carbocycles. The molecule has 1 aromatic carbocycles. The number of benzene rings is 1. The van der Waals surface area contributed by atoms with Gasteiger partial charge in [-0.25, -0.2) is 4.98 Å². The Balaban J connectivity index is 1.97. The Bertz CT molecular complexity index is 719. The van der Waals surface area contributed by atoms with Gasteiger partial charge in [-0.2, -0.15) is 0 Å². The first-order chi connectivity index (χ1) is 10.2. The third-order valence-electron chi connectivity index (χ3n) is 3.23. The van der Waals surface area contributed by atoms with Gasteiger partial charge in [0.05, 0.1) is 5.69 Å².